The number of hydrogen-bond donors (Lipinski definition) is 1. The monoisotopic (exact) mass is 282 g/mol. The molecule has 0 saturated carbocycles. The molecule has 0 saturated heterocycles. The molecular formula is C16H26O4. The molecule has 0 fully saturated rings. The van der Waals surface area contributed by atoms with E-state index in [1.165, 1.54) is 0 Å². The molecule has 20 heavy (non-hydrogen) atoms. The van der Waals surface area contributed by atoms with Gasteiger partial charge in [-0.15, -0.1) is 0 Å². The van der Waals surface area contributed by atoms with Crippen LogP contribution in [0, 0.1) is 5.92 Å². The molecule has 4 nitrogen and oxygen atoms in total. The van der Waals surface area contributed by atoms with Crippen LogP contribution < -0.4 is 0 Å². The first-order valence-electron chi connectivity index (χ1n) is 7.52. The van der Waals surface area contributed by atoms with E-state index in [2.05, 4.69) is 13.8 Å². The van der Waals surface area contributed by atoms with Crippen LogP contribution >= 0.6 is 0 Å². The number of Topliss-reactive ketones (excluding diaryl/α,β-unsaturated/α-hetero) is 1. The van der Waals surface area contributed by atoms with Gasteiger partial charge in [0.25, 0.3) is 0 Å². The number of carbonyl (C=O) groups is 2. The van der Waals surface area contributed by atoms with Gasteiger partial charge >= 0.3 is 5.97 Å². The van der Waals surface area contributed by atoms with Crippen LogP contribution in [0.1, 0.15) is 59.3 Å². The standard InChI is InChI=1S/C16H26O4/c1-4-11(2)9-13(17)7-5-6-8-14(18)15-12(3)10-20-16(15)19/h11,14,18H,4-10H2,1-3H3. The Morgan fingerprint density at radius 1 is 1.40 bits per heavy atom. The highest BCUT2D eigenvalue weighted by atomic mass is 16.5. The summed E-state index contributed by atoms with van der Waals surface area (Å²) in [6.07, 6.45) is 3.52. The average molecular weight is 282 g/mol. The molecule has 0 bridgehead atoms. The van der Waals surface area contributed by atoms with E-state index < -0.39 is 12.1 Å². The predicted octanol–water partition coefficient (Wildman–Crippen LogP) is 2.79. The van der Waals surface area contributed by atoms with E-state index in [1.807, 2.05) is 0 Å². The third-order valence-corrected chi connectivity index (χ3v) is 3.89. The summed E-state index contributed by atoms with van der Waals surface area (Å²) in [6, 6.07) is 0. The normalized spacial score (nSPS) is 18.1. The highest BCUT2D eigenvalue weighted by Crippen LogP contribution is 2.22. The van der Waals surface area contributed by atoms with Crippen molar-refractivity contribution in [3.63, 3.8) is 0 Å². The molecule has 2 atom stereocenters. The number of aliphatic hydroxyl groups excluding tert-OH is 1. The van der Waals surface area contributed by atoms with Crippen LogP contribution in [-0.4, -0.2) is 29.6 Å². The number of aliphatic hydroxyl groups is 1. The van der Waals surface area contributed by atoms with Gasteiger partial charge in [-0.2, -0.15) is 0 Å². The zero-order chi connectivity index (χ0) is 15.1. The smallest absolute Gasteiger partial charge is 0.337 e. The molecule has 1 aliphatic heterocycles. The summed E-state index contributed by atoms with van der Waals surface area (Å²) in [5.41, 5.74) is 1.23. The van der Waals surface area contributed by atoms with E-state index in [0.717, 1.165) is 24.8 Å². The van der Waals surface area contributed by atoms with Gasteiger partial charge in [0.1, 0.15) is 12.4 Å². The molecule has 4 heteroatoms. The van der Waals surface area contributed by atoms with Crippen molar-refractivity contribution in [2.24, 2.45) is 5.92 Å². The molecule has 1 N–H and O–H groups in total. The Labute approximate surface area is 121 Å². The van der Waals surface area contributed by atoms with E-state index in [-0.39, 0.29) is 0 Å². The molecule has 1 rings (SSSR count). The van der Waals surface area contributed by atoms with E-state index in [1.54, 1.807) is 6.92 Å². The lowest BCUT2D eigenvalue weighted by atomic mass is 9.97. The Balaban J connectivity index is 2.23. The number of esters is 1. The quantitative estimate of drug-likeness (QED) is 0.522. The first-order valence-corrected chi connectivity index (χ1v) is 7.52. The van der Waals surface area contributed by atoms with Crippen LogP contribution in [0.2, 0.25) is 0 Å². The largest absolute Gasteiger partial charge is 0.458 e. The van der Waals surface area contributed by atoms with E-state index in [4.69, 9.17) is 4.74 Å². The lowest BCUT2D eigenvalue weighted by Crippen LogP contribution is -2.16. The minimum absolute atomic E-state index is 0.290. The second kappa shape index (κ2) is 8.20. The van der Waals surface area contributed by atoms with Crippen molar-refractivity contribution in [1.29, 1.82) is 0 Å². The number of ketones is 1. The molecule has 2 unspecified atom stereocenters. The molecule has 1 aliphatic rings. The van der Waals surface area contributed by atoms with Gasteiger partial charge in [0.15, 0.2) is 0 Å². The van der Waals surface area contributed by atoms with Gasteiger partial charge in [0.2, 0.25) is 0 Å². The minimum atomic E-state index is -0.755. The van der Waals surface area contributed by atoms with Crippen molar-refractivity contribution in [3.8, 4) is 0 Å². The summed E-state index contributed by atoms with van der Waals surface area (Å²) < 4.78 is 4.87. The second-order valence-electron chi connectivity index (χ2n) is 5.79. The molecule has 0 aromatic rings. The minimum Gasteiger partial charge on any atom is -0.458 e. The number of ether oxygens (including phenoxy) is 1. The number of cyclic esters (lactones) is 1. The summed E-state index contributed by atoms with van der Waals surface area (Å²) in [5, 5.41) is 9.99. The van der Waals surface area contributed by atoms with Crippen molar-refractivity contribution in [2.75, 3.05) is 6.61 Å². The Morgan fingerprint density at radius 2 is 2.10 bits per heavy atom. The summed E-state index contributed by atoms with van der Waals surface area (Å²) in [4.78, 5) is 23.1. The van der Waals surface area contributed by atoms with Crippen LogP contribution in [0.5, 0.6) is 0 Å². The number of unbranched alkanes of at least 4 members (excludes halogenated alkanes) is 1. The van der Waals surface area contributed by atoms with Crippen molar-refractivity contribution in [3.05, 3.63) is 11.1 Å². The maximum atomic E-state index is 11.7. The third-order valence-electron chi connectivity index (χ3n) is 3.89. The summed E-state index contributed by atoms with van der Waals surface area (Å²) in [7, 11) is 0. The van der Waals surface area contributed by atoms with E-state index in [0.29, 0.717) is 43.1 Å². The van der Waals surface area contributed by atoms with Crippen molar-refractivity contribution >= 4 is 11.8 Å². The van der Waals surface area contributed by atoms with Gasteiger partial charge in [0, 0.05) is 12.8 Å². The first-order chi connectivity index (χ1) is 9.45. The zero-order valence-electron chi connectivity index (χ0n) is 12.8. The average Bonchev–Trinajstić information content (AvgIpc) is 2.74. The van der Waals surface area contributed by atoms with Crippen LogP contribution in [0.15, 0.2) is 11.1 Å². The summed E-state index contributed by atoms with van der Waals surface area (Å²) in [6.45, 7) is 6.27. The summed E-state index contributed by atoms with van der Waals surface area (Å²) in [5.74, 6) is 0.349. The van der Waals surface area contributed by atoms with Crippen LogP contribution in [0.25, 0.3) is 0 Å². The van der Waals surface area contributed by atoms with Crippen molar-refractivity contribution in [2.45, 2.75) is 65.4 Å². The lowest BCUT2D eigenvalue weighted by molar-refractivity contribution is -0.137. The topological polar surface area (TPSA) is 63.6 Å². The highest BCUT2D eigenvalue weighted by molar-refractivity contribution is 5.92. The Hall–Kier alpha value is -1.16. The molecule has 0 aromatic heterocycles. The van der Waals surface area contributed by atoms with Gasteiger partial charge < -0.3 is 9.84 Å². The number of hydrogen-bond acceptors (Lipinski definition) is 4. The van der Waals surface area contributed by atoms with Gasteiger partial charge in [0.05, 0.1) is 11.7 Å². The Morgan fingerprint density at radius 3 is 2.65 bits per heavy atom. The Bertz CT molecular complexity index is 384. The Kier molecular flexibility index (Phi) is 6.93. The van der Waals surface area contributed by atoms with Crippen LogP contribution in [-0.2, 0) is 14.3 Å². The van der Waals surface area contributed by atoms with Gasteiger partial charge in [-0.05, 0) is 31.3 Å². The third kappa shape index (κ3) is 5.08. The zero-order valence-corrected chi connectivity index (χ0v) is 12.8. The molecule has 0 aromatic carbocycles. The molecule has 0 amide bonds. The SMILES string of the molecule is CCC(C)CC(=O)CCCCC(O)C1=C(C)COC1=O. The first kappa shape index (κ1) is 16.9. The second-order valence-corrected chi connectivity index (χ2v) is 5.79. The van der Waals surface area contributed by atoms with Crippen LogP contribution in [0.3, 0.4) is 0 Å². The molecular weight excluding hydrogens is 256 g/mol. The van der Waals surface area contributed by atoms with Gasteiger partial charge in [-0.3, -0.25) is 4.79 Å². The van der Waals surface area contributed by atoms with E-state index in [9.17, 15) is 14.7 Å². The fraction of sp³-hybridized carbons (Fsp3) is 0.750. The van der Waals surface area contributed by atoms with Crippen molar-refractivity contribution < 1.29 is 19.4 Å². The molecule has 114 valence electrons. The maximum Gasteiger partial charge on any atom is 0.337 e. The molecule has 1 heterocycles. The molecule has 0 aliphatic carbocycles. The molecule has 0 spiro atoms. The maximum absolute atomic E-state index is 11.7. The summed E-state index contributed by atoms with van der Waals surface area (Å²) >= 11 is 0. The highest BCUT2D eigenvalue weighted by Gasteiger charge is 2.27. The van der Waals surface area contributed by atoms with E-state index >= 15 is 0 Å². The van der Waals surface area contributed by atoms with Crippen molar-refractivity contribution in [1.82, 2.24) is 0 Å². The van der Waals surface area contributed by atoms with Gasteiger partial charge in [-0.1, -0.05) is 26.7 Å². The fourth-order valence-corrected chi connectivity index (χ4v) is 2.36. The molecule has 0 radical (unpaired) electrons. The predicted molar refractivity (Wildman–Crippen MR) is 77.2 cm³/mol. The number of carbonyl (C=O) groups excluding carboxylic acids is 2. The lowest BCUT2D eigenvalue weighted by Gasteiger charge is -2.11. The number of rotatable bonds is 9. The van der Waals surface area contributed by atoms with Gasteiger partial charge in [-0.25, -0.2) is 4.79 Å². The van der Waals surface area contributed by atoms with Crippen LogP contribution in [0.4, 0.5) is 0 Å². The fourth-order valence-electron chi connectivity index (χ4n) is 2.36.